The Balaban J connectivity index is 1.36. The maximum Gasteiger partial charge on any atom is 0.223 e. The summed E-state index contributed by atoms with van der Waals surface area (Å²) in [6.45, 7) is 6.30. The summed E-state index contributed by atoms with van der Waals surface area (Å²) in [5, 5.41) is 8.79. The molecule has 1 spiro atoms. The second-order valence-electron chi connectivity index (χ2n) is 7.29. The molecule has 2 unspecified atom stereocenters. The van der Waals surface area contributed by atoms with Gasteiger partial charge in [0.25, 0.3) is 0 Å². The van der Waals surface area contributed by atoms with Crippen molar-refractivity contribution in [3.63, 3.8) is 0 Å². The van der Waals surface area contributed by atoms with Crippen molar-refractivity contribution in [2.24, 2.45) is 11.3 Å². The molecule has 2 N–H and O–H groups in total. The van der Waals surface area contributed by atoms with Gasteiger partial charge in [0.1, 0.15) is 0 Å². The van der Waals surface area contributed by atoms with Crippen LogP contribution in [-0.4, -0.2) is 56.7 Å². The molecule has 3 aliphatic rings. The molecular weight excluding hydrogens is 322 g/mol. The minimum atomic E-state index is 0.244. The second-order valence-corrected chi connectivity index (χ2v) is 8.27. The van der Waals surface area contributed by atoms with E-state index in [2.05, 4.69) is 33.0 Å². The number of hydrogen-bond acceptors (Lipinski definition) is 5. The summed E-state index contributed by atoms with van der Waals surface area (Å²) in [7, 11) is 0. The smallest absolute Gasteiger partial charge is 0.223 e. The van der Waals surface area contributed by atoms with Crippen LogP contribution in [0.15, 0.2) is 17.5 Å². The van der Waals surface area contributed by atoms with Crippen LogP contribution in [0.3, 0.4) is 0 Å². The number of ether oxygens (including phenoxy) is 1. The van der Waals surface area contributed by atoms with Gasteiger partial charge in [0.05, 0.1) is 19.3 Å². The van der Waals surface area contributed by atoms with Gasteiger partial charge < -0.3 is 15.4 Å². The van der Waals surface area contributed by atoms with Crippen LogP contribution in [0.1, 0.15) is 30.2 Å². The minimum absolute atomic E-state index is 0.244. The van der Waals surface area contributed by atoms with E-state index in [1.54, 1.807) is 11.3 Å². The summed E-state index contributed by atoms with van der Waals surface area (Å²) < 4.78 is 5.48. The van der Waals surface area contributed by atoms with Gasteiger partial charge in [0.15, 0.2) is 0 Å². The fourth-order valence-corrected chi connectivity index (χ4v) is 5.16. The lowest BCUT2D eigenvalue weighted by atomic mass is 9.92. The first-order valence-electron chi connectivity index (χ1n) is 9.12. The molecule has 0 radical (unpaired) electrons. The highest BCUT2D eigenvalue weighted by atomic mass is 32.1. The van der Waals surface area contributed by atoms with Crippen molar-refractivity contribution in [2.75, 3.05) is 45.9 Å². The van der Waals surface area contributed by atoms with Gasteiger partial charge >= 0.3 is 0 Å². The molecule has 6 heteroatoms. The summed E-state index contributed by atoms with van der Waals surface area (Å²) in [5.74, 6) is 0.514. The standard InChI is InChI=1S/C18H27N3O2S/c22-17(14-12-18(14)3-5-19-6-4-18)20-13-15(16-2-1-11-24-16)21-7-9-23-10-8-21/h1-2,11,14-15,19H,3-10,12-13H2,(H,20,22). The van der Waals surface area contributed by atoms with E-state index in [-0.39, 0.29) is 17.9 Å². The lowest BCUT2D eigenvalue weighted by Crippen LogP contribution is -2.44. The molecule has 1 aromatic rings. The predicted octanol–water partition coefficient (Wildman–Crippen LogP) is 1.63. The normalized spacial score (nSPS) is 27.8. The summed E-state index contributed by atoms with van der Waals surface area (Å²) in [4.78, 5) is 16.4. The van der Waals surface area contributed by atoms with Crippen molar-refractivity contribution in [3.8, 4) is 0 Å². The van der Waals surface area contributed by atoms with Crippen LogP contribution in [0.5, 0.6) is 0 Å². The van der Waals surface area contributed by atoms with E-state index in [4.69, 9.17) is 4.74 Å². The van der Waals surface area contributed by atoms with Gasteiger partial charge in [-0.3, -0.25) is 9.69 Å². The number of nitrogens with zero attached hydrogens (tertiary/aromatic N) is 1. The van der Waals surface area contributed by atoms with Crippen molar-refractivity contribution in [2.45, 2.75) is 25.3 Å². The number of hydrogen-bond donors (Lipinski definition) is 2. The fraction of sp³-hybridized carbons (Fsp3) is 0.722. The number of carbonyl (C=O) groups excluding carboxylic acids is 1. The third kappa shape index (κ3) is 3.38. The molecular formula is C18H27N3O2S. The molecule has 2 aliphatic heterocycles. The van der Waals surface area contributed by atoms with Gasteiger partial charge in [-0.25, -0.2) is 0 Å². The van der Waals surface area contributed by atoms with Crippen LogP contribution in [0.2, 0.25) is 0 Å². The van der Waals surface area contributed by atoms with Gasteiger partial charge in [-0.15, -0.1) is 11.3 Å². The first-order chi connectivity index (χ1) is 11.8. The average Bonchev–Trinajstić information content (AvgIpc) is 3.06. The zero-order chi connectivity index (χ0) is 16.4. The third-order valence-electron chi connectivity index (χ3n) is 5.93. The Bertz CT molecular complexity index is 551. The summed E-state index contributed by atoms with van der Waals surface area (Å²) in [6, 6.07) is 4.56. The Morgan fingerprint density at radius 3 is 2.92 bits per heavy atom. The SMILES string of the molecule is O=C(NCC(c1cccs1)N1CCOCC1)C1CC12CCNCC2. The maximum atomic E-state index is 12.7. The zero-order valence-corrected chi connectivity index (χ0v) is 14.9. The molecule has 132 valence electrons. The van der Waals surface area contributed by atoms with Crippen LogP contribution < -0.4 is 10.6 Å². The van der Waals surface area contributed by atoms with Crippen LogP contribution in [0, 0.1) is 11.3 Å². The number of carbonyl (C=O) groups is 1. The van der Waals surface area contributed by atoms with Crippen molar-refractivity contribution in [1.82, 2.24) is 15.5 Å². The second kappa shape index (κ2) is 7.12. The monoisotopic (exact) mass is 349 g/mol. The summed E-state index contributed by atoms with van der Waals surface area (Å²) in [5.41, 5.74) is 0.312. The molecule has 3 heterocycles. The molecule has 24 heavy (non-hydrogen) atoms. The Labute approximate surface area is 147 Å². The molecule has 3 fully saturated rings. The van der Waals surface area contributed by atoms with Crippen molar-refractivity contribution in [1.29, 1.82) is 0 Å². The Kier molecular flexibility index (Phi) is 4.90. The number of nitrogens with one attached hydrogen (secondary N) is 2. The Morgan fingerprint density at radius 1 is 1.42 bits per heavy atom. The highest BCUT2D eigenvalue weighted by Gasteiger charge is 2.57. The number of morpholine rings is 1. The zero-order valence-electron chi connectivity index (χ0n) is 14.1. The fourth-order valence-electron chi connectivity index (χ4n) is 4.30. The van der Waals surface area contributed by atoms with E-state index in [9.17, 15) is 4.79 Å². The topological polar surface area (TPSA) is 53.6 Å². The van der Waals surface area contributed by atoms with Gasteiger partial charge in [-0.2, -0.15) is 0 Å². The molecule has 2 saturated heterocycles. The van der Waals surface area contributed by atoms with E-state index < -0.39 is 0 Å². The van der Waals surface area contributed by atoms with Crippen molar-refractivity contribution >= 4 is 17.2 Å². The van der Waals surface area contributed by atoms with Crippen LogP contribution >= 0.6 is 11.3 Å². The maximum absolute atomic E-state index is 12.7. The highest BCUT2D eigenvalue weighted by molar-refractivity contribution is 7.10. The van der Waals surface area contributed by atoms with E-state index in [0.29, 0.717) is 12.0 Å². The molecule has 5 nitrogen and oxygen atoms in total. The van der Waals surface area contributed by atoms with Crippen LogP contribution in [0.25, 0.3) is 0 Å². The molecule has 1 amide bonds. The van der Waals surface area contributed by atoms with Gasteiger partial charge in [0, 0.05) is 30.4 Å². The summed E-state index contributed by atoms with van der Waals surface area (Å²) >= 11 is 1.78. The number of rotatable bonds is 5. The van der Waals surface area contributed by atoms with Gasteiger partial charge in [-0.1, -0.05) is 6.07 Å². The largest absolute Gasteiger partial charge is 0.379 e. The number of piperidine rings is 1. The van der Waals surface area contributed by atoms with Gasteiger partial charge in [0.2, 0.25) is 5.91 Å². The minimum Gasteiger partial charge on any atom is -0.379 e. The molecule has 4 rings (SSSR count). The van der Waals surface area contributed by atoms with Crippen molar-refractivity contribution < 1.29 is 9.53 Å². The Morgan fingerprint density at radius 2 is 2.21 bits per heavy atom. The predicted molar refractivity (Wildman–Crippen MR) is 95.1 cm³/mol. The first-order valence-corrected chi connectivity index (χ1v) is 10.0. The highest BCUT2D eigenvalue weighted by Crippen LogP contribution is 2.58. The summed E-state index contributed by atoms with van der Waals surface area (Å²) in [6.07, 6.45) is 3.40. The average molecular weight is 350 g/mol. The van der Waals surface area contributed by atoms with Crippen LogP contribution in [0.4, 0.5) is 0 Å². The lowest BCUT2D eigenvalue weighted by Gasteiger charge is -2.34. The Hall–Kier alpha value is -0.950. The van der Waals surface area contributed by atoms with E-state index in [1.807, 2.05) is 0 Å². The molecule has 0 aromatic carbocycles. The number of thiophene rings is 1. The quantitative estimate of drug-likeness (QED) is 0.848. The van der Waals surface area contributed by atoms with Crippen LogP contribution in [-0.2, 0) is 9.53 Å². The van der Waals surface area contributed by atoms with E-state index >= 15 is 0 Å². The van der Waals surface area contributed by atoms with Crippen molar-refractivity contribution in [3.05, 3.63) is 22.4 Å². The molecule has 2 atom stereocenters. The third-order valence-corrected chi connectivity index (χ3v) is 6.91. The molecule has 0 bridgehead atoms. The van der Waals surface area contributed by atoms with E-state index in [1.165, 1.54) is 4.88 Å². The lowest BCUT2D eigenvalue weighted by molar-refractivity contribution is -0.123. The molecule has 1 aromatic heterocycles. The molecule has 1 saturated carbocycles. The van der Waals surface area contributed by atoms with E-state index in [0.717, 1.165) is 58.7 Å². The molecule has 1 aliphatic carbocycles. The first kappa shape index (κ1) is 16.5. The number of amides is 1. The van der Waals surface area contributed by atoms with Gasteiger partial charge in [-0.05, 0) is 49.2 Å².